The van der Waals surface area contributed by atoms with Gasteiger partial charge in [0.25, 0.3) is 0 Å². The van der Waals surface area contributed by atoms with Gasteiger partial charge in [0.1, 0.15) is 0 Å². The second kappa shape index (κ2) is 6.00. The zero-order valence-corrected chi connectivity index (χ0v) is 15.9. The normalized spacial score (nSPS) is 12.6. The second-order valence-electron chi connectivity index (χ2n) is 7.54. The first-order valence-electron chi connectivity index (χ1n) is 9.40. The summed E-state index contributed by atoms with van der Waals surface area (Å²) < 4.78 is 0. The number of rotatable bonds is 3. The third-order valence-electron chi connectivity index (χ3n) is 5.46. The molecule has 5 rings (SSSR count). The van der Waals surface area contributed by atoms with E-state index in [1.165, 1.54) is 54.7 Å². The lowest BCUT2D eigenvalue weighted by Gasteiger charge is -2.08. The fourth-order valence-corrected chi connectivity index (χ4v) is 4.23. The molecule has 0 amide bonds. The molecule has 0 unspecified atom stereocenters. The summed E-state index contributed by atoms with van der Waals surface area (Å²) in [6.07, 6.45) is 4.52. The average Bonchev–Trinajstić information content (AvgIpc) is 3.23. The van der Waals surface area contributed by atoms with Crippen LogP contribution in [0.15, 0.2) is 54.6 Å². The van der Waals surface area contributed by atoms with Gasteiger partial charge in [0.05, 0.1) is 11.0 Å². The molecule has 0 aliphatic rings. The summed E-state index contributed by atoms with van der Waals surface area (Å²) in [4.78, 5) is 9.55. The SMILES string of the molecule is Cc1c2[nH]c3ccccc3c2c(C=CCN(C)C)c2[nH]c3ccccc3c12. The monoisotopic (exact) mass is 353 g/mol. The summed E-state index contributed by atoms with van der Waals surface area (Å²) in [5.41, 5.74) is 7.41. The zero-order valence-electron chi connectivity index (χ0n) is 15.9. The van der Waals surface area contributed by atoms with Gasteiger partial charge in [0.2, 0.25) is 0 Å². The molecule has 2 aromatic heterocycles. The fraction of sp³-hybridized carbons (Fsp3) is 0.167. The van der Waals surface area contributed by atoms with Gasteiger partial charge in [-0.15, -0.1) is 0 Å². The highest BCUT2D eigenvalue weighted by molar-refractivity contribution is 6.23. The number of hydrogen-bond donors (Lipinski definition) is 2. The minimum absolute atomic E-state index is 0.916. The Morgan fingerprint density at radius 2 is 1.41 bits per heavy atom. The number of para-hydroxylation sites is 2. The van der Waals surface area contributed by atoms with Gasteiger partial charge in [-0.25, -0.2) is 0 Å². The van der Waals surface area contributed by atoms with Crippen LogP contribution in [0.3, 0.4) is 0 Å². The Balaban J connectivity index is 1.98. The molecule has 0 saturated heterocycles. The molecule has 0 fully saturated rings. The molecule has 3 heteroatoms. The van der Waals surface area contributed by atoms with Crippen LogP contribution < -0.4 is 0 Å². The first-order valence-corrected chi connectivity index (χ1v) is 9.40. The van der Waals surface area contributed by atoms with Gasteiger partial charge >= 0.3 is 0 Å². The van der Waals surface area contributed by atoms with E-state index in [4.69, 9.17) is 0 Å². The lowest BCUT2D eigenvalue weighted by atomic mass is 9.97. The molecule has 0 bridgehead atoms. The van der Waals surface area contributed by atoms with Crippen molar-refractivity contribution in [2.45, 2.75) is 6.92 Å². The Labute approximate surface area is 158 Å². The van der Waals surface area contributed by atoms with E-state index in [1.54, 1.807) is 0 Å². The Hall–Kier alpha value is -3.04. The summed E-state index contributed by atoms with van der Waals surface area (Å²) in [6, 6.07) is 17.2. The molecule has 2 heterocycles. The van der Waals surface area contributed by atoms with Crippen LogP contribution in [0, 0.1) is 6.92 Å². The van der Waals surface area contributed by atoms with Gasteiger partial charge in [-0.2, -0.15) is 0 Å². The number of hydrogen-bond acceptors (Lipinski definition) is 1. The minimum Gasteiger partial charge on any atom is -0.354 e. The molecule has 0 atom stereocenters. The number of aromatic nitrogens is 2. The molecule has 0 aliphatic heterocycles. The van der Waals surface area contributed by atoms with E-state index in [1.807, 2.05) is 0 Å². The maximum atomic E-state index is 3.69. The van der Waals surface area contributed by atoms with Gasteiger partial charge in [-0.05, 0) is 38.7 Å². The first-order chi connectivity index (χ1) is 13.1. The molecule has 3 nitrogen and oxygen atoms in total. The Morgan fingerprint density at radius 1 is 0.815 bits per heavy atom. The Bertz CT molecular complexity index is 1330. The molecule has 0 spiro atoms. The van der Waals surface area contributed by atoms with Gasteiger partial charge in [-0.3, -0.25) is 0 Å². The van der Waals surface area contributed by atoms with Crippen molar-refractivity contribution in [2.24, 2.45) is 0 Å². The molecule has 3 aromatic carbocycles. The van der Waals surface area contributed by atoms with E-state index in [0.717, 1.165) is 6.54 Å². The number of fused-ring (bicyclic) bond motifs is 6. The number of benzene rings is 3. The van der Waals surface area contributed by atoms with E-state index in [9.17, 15) is 0 Å². The van der Waals surface area contributed by atoms with Gasteiger partial charge in [0.15, 0.2) is 0 Å². The van der Waals surface area contributed by atoms with Crippen LogP contribution in [0.2, 0.25) is 0 Å². The topological polar surface area (TPSA) is 34.8 Å². The highest BCUT2D eigenvalue weighted by Gasteiger charge is 2.18. The van der Waals surface area contributed by atoms with Crippen LogP contribution in [-0.4, -0.2) is 35.5 Å². The predicted molar refractivity (Wildman–Crippen MR) is 117 cm³/mol. The number of H-pyrrole nitrogens is 2. The van der Waals surface area contributed by atoms with Crippen LogP contribution in [0.4, 0.5) is 0 Å². The first kappa shape index (κ1) is 16.2. The Morgan fingerprint density at radius 3 is 2.07 bits per heavy atom. The largest absolute Gasteiger partial charge is 0.354 e. The molecule has 0 saturated carbocycles. The summed E-state index contributed by atoms with van der Waals surface area (Å²) in [7, 11) is 4.19. The summed E-state index contributed by atoms with van der Waals surface area (Å²) >= 11 is 0. The maximum Gasteiger partial charge on any atom is 0.0548 e. The molecule has 5 aromatic rings. The average molecular weight is 353 g/mol. The van der Waals surface area contributed by atoms with Crippen LogP contribution in [0.5, 0.6) is 0 Å². The van der Waals surface area contributed by atoms with Gasteiger partial charge < -0.3 is 14.9 Å². The third-order valence-corrected chi connectivity index (χ3v) is 5.46. The second-order valence-corrected chi connectivity index (χ2v) is 7.54. The standard InChI is InChI=1S/C24H23N3/c1-15-21-16-9-4-6-12-19(16)26-24(21)18(11-8-14-27(2)3)22-17-10-5-7-13-20(17)25-23(15)22/h4-13,25-26H,14H2,1-3H3. The van der Waals surface area contributed by atoms with Crippen molar-refractivity contribution in [2.75, 3.05) is 20.6 Å². The van der Waals surface area contributed by atoms with Crippen LogP contribution in [0.25, 0.3) is 49.7 Å². The van der Waals surface area contributed by atoms with Gasteiger partial charge in [-0.1, -0.05) is 48.6 Å². The summed E-state index contributed by atoms with van der Waals surface area (Å²) in [6.45, 7) is 3.15. The molecule has 0 aliphatic carbocycles. The van der Waals surface area contributed by atoms with Crippen molar-refractivity contribution in [3.63, 3.8) is 0 Å². The number of aromatic amines is 2. The van der Waals surface area contributed by atoms with E-state index >= 15 is 0 Å². The van der Waals surface area contributed by atoms with Crippen molar-refractivity contribution >= 4 is 49.7 Å². The minimum atomic E-state index is 0.916. The molecule has 2 N–H and O–H groups in total. The predicted octanol–water partition coefficient (Wildman–Crippen LogP) is 5.84. The highest BCUT2D eigenvalue weighted by Crippen LogP contribution is 2.40. The van der Waals surface area contributed by atoms with E-state index < -0.39 is 0 Å². The zero-order chi connectivity index (χ0) is 18.5. The molecule has 134 valence electrons. The highest BCUT2D eigenvalue weighted by atomic mass is 15.0. The number of nitrogens with one attached hydrogen (secondary N) is 2. The quantitative estimate of drug-likeness (QED) is 0.420. The van der Waals surface area contributed by atoms with Crippen molar-refractivity contribution < 1.29 is 0 Å². The van der Waals surface area contributed by atoms with Crippen LogP contribution in [0.1, 0.15) is 11.1 Å². The fourth-order valence-electron chi connectivity index (χ4n) is 4.23. The lowest BCUT2D eigenvalue weighted by Crippen LogP contribution is -2.10. The number of nitrogens with zero attached hydrogens (tertiary/aromatic N) is 1. The molecular weight excluding hydrogens is 330 g/mol. The molecule has 0 radical (unpaired) electrons. The summed E-state index contributed by atoms with van der Waals surface area (Å²) in [5.74, 6) is 0. The smallest absolute Gasteiger partial charge is 0.0548 e. The van der Waals surface area contributed by atoms with Crippen molar-refractivity contribution in [1.29, 1.82) is 0 Å². The Kier molecular flexibility index (Phi) is 3.59. The van der Waals surface area contributed by atoms with E-state index in [2.05, 4.69) is 96.6 Å². The van der Waals surface area contributed by atoms with Crippen molar-refractivity contribution in [3.8, 4) is 0 Å². The van der Waals surface area contributed by atoms with Crippen LogP contribution in [-0.2, 0) is 0 Å². The maximum absolute atomic E-state index is 3.69. The lowest BCUT2D eigenvalue weighted by molar-refractivity contribution is 0.457. The molecular formula is C24H23N3. The summed E-state index contributed by atoms with van der Waals surface area (Å²) in [5, 5.41) is 5.18. The van der Waals surface area contributed by atoms with Crippen LogP contribution >= 0.6 is 0 Å². The van der Waals surface area contributed by atoms with Gasteiger partial charge in [0, 0.05) is 44.7 Å². The van der Waals surface area contributed by atoms with E-state index in [0.29, 0.717) is 0 Å². The molecule has 27 heavy (non-hydrogen) atoms. The van der Waals surface area contributed by atoms with Crippen molar-refractivity contribution in [3.05, 3.63) is 65.7 Å². The third kappa shape index (κ3) is 2.39. The number of likely N-dealkylation sites (N-methyl/N-ethyl adjacent to an activating group) is 1. The number of aryl methyl sites for hydroxylation is 1. The van der Waals surface area contributed by atoms with E-state index in [-0.39, 0.29) is 0 Å². The van der Waals surface area contributed by atoms with Crippen molar-refractivity contribution in [1.82, 2.24) is 14.9 Å².